The zero-order valence-corrected chi connectivity index (χ0v) is 52.6. The van der Waals surface area contributed by atoms with Crippen LogP contribution in [0.15, 0.2) is 243 Å². The monoisotopic (exact) mass is 1210 g/mol. The third-order valence-electron chi connectivity index (χ3n) is 18.2. The maximum Gasteiger partial charge on any atom is 0.269 e. The van der Waals surface area contributed by atoms with E-state index >= 15 is 0 Å². The Balaban J connectivity index is 1.09. The molecule has 0 spiro atoms. The number of ether oxygens (including phenoxy) is 1. The average molecular weight is 1210 g/mol. The van der Waals surface area contributed by atoms with Crippen LogP contribution < -0.4 is 9.30 Å². The predicted octanol–water partition coefficient (Wildman–Crippen LogP) is 22.2. The van der Waals surface area contributed by atoms with E-state index in [1.54, 1.807) is 16.7 Å². The molecule has 11 aromatic carbocycles. The van der Waals surface area contributed by atoms with Gasteiger partial charge in [-0.15, -0.1) is 0 Å². The minimum atomic E-state index is -2.92. The number of nitrogens with zero attached hydrogens (tertiary/aromatic N) is 5. The first-order chi connectivity index (χ1) is 50.1. The molecule has 0 fully saturated rings. The van der Waals surface area contributed by atoms with Crippen LogP contribution in [0.5, 0.6) is 11.5 Å². The molecule has 6 nitrogen and oxygen atoms in total. The summed E-state index contributed by atoms with van der Waals surface area (Å²) in [6.45, 7) is 13.6. The molecule has 6 heteroatoms. The molecule has 0 atom stereocenters. The van der Waals surface area contributed by atoms with Crippen LogP contribution in [0.25, 0.3) is 133 Å². The fourth-order valence-electron chi connectivity index (χ4n) is 13.5. The number of benzene rings is 11. The molecule has 5 heterocycles. The first-order valence-electron chi connectivity index (χ1n) is 38.1. The van der Waals surface area contributed by atoms with Crippen LogP contribution in [0, 0.1) is 20.0 Å². The van der Waals surface area contributed by atoms with Crippen molar-refractivity contribution in [2.45, 2.75) is 92.3 Å². The van der Waals surface area contributed by atoms with Crippen LogP contribution in [0.4, 0.5) is 0 Å². The van der Waals surface area contributed by atoms with E-state index in [0.29, 0.717) is 44.8 Å². The van der Waals surface area contributed by atoms with Crippen molar-refractivity contribution in [3.63, 3.8) is 0 Å². The van der Waals surface area contributed by atoms with E-state index < -0.39 is 62.0 Å². The maximum atomic E-state index is 10.4. The van der Waals surface area contributed by atoms with Gasteiger partial charge in [0.1, 0.15) is 17.3 Å². The van der Waals surface area contributed by atoms with Gasteiger partial charge in [-0.2, -0.15) is 0 Å². The van der Waals surface area contributed by atoms with Crippen molar-refractivity contribution in [2.75, 3.05) is 0 Å². The van der Waals surface area contributed by atoms with Crippen LogP contribution in [0.3, 0.4) is 0 Å². The molecule has 0 radical (unpaired) electrons. The summed E-state index contributed by atoms with van der Waals surface area (Å²) in [6.07, 6.45) is 5.67. The van der Waals surface area contributed by atoms with Crippen LogP contribution >= 0.6 is 0 Å². The lowest BCUT2D eigenvalue weighted by atomic mass is 9.78. The number of pyridine rings is 1. The molecule has 4 aromatic heterocycles. The van der Waals surface area contributed by atoms with Crippen molar-refractivity contribution in [1.82, 2.24) is 18.7 Å². The molecule has 0 bridgehead atoms. The molecular formula is C86H73N5O. The first kappa shape index (κ1) is 43.2. The number of hydrogen-bond donors (Lipinski definition) is 0. The Bertz CT molecular complexity index is 6150. The number of imidazole rings is 1. The van der Waals surface area contributed by atoms with Gasteiger partial charge in [-0.3, -0.25) is 13.7 Å². The zero-order valence-electron chi connectivity index (χ0n) is 66.6. The molecule has 0 saturated carbocycles. The molecule has 16 rings (SSSR count). The Morgan fingerprint density at radius 3 is 1.58 bits per heavy atom. The number of fused-ring (bicyclic) bond motifs is 13. The standard InChI is InChI=1S/C86H73N5O/c1-53-24-22-25-54(2)81(53)57-45-73-67-31-15-13-29-65(67)64-28-12-14-30-66(64)72-44-56(55-42-59(85(6,7)8)48-60(43-55)86(9,10)11)46-78-82(72)89(83(73)79(47-57)90-74-35-19-16-32-68(74)69-33-17-20-36-75(69)90)52-88(78)61-26-23-27-62(50-61)92-63-38-39-71-70-34-18-21-37-76(70)91(77(71)51-63)80-49-58(40-41-87-80)84(3,4)5/h12-51H,1-11H3/i1D3,2D3,12D,13D,14D,15D,28D,29D,30D,31D. The van der Waals surface area contributed by atoms with E-state index in [9.17, 15) is 11.0 Å². The highest BCUT2D eigenvalue weighted by Gasteiger charge is 2.31. The van der Waals surface area contributed by atoms with Gasteiger partial charge < -0.3 is 9.30 Å². The summed E-state index contributed by atoms with van der Waals surface area (Å²) in [5, 5.41) is 3.65. The number of rotatable bonds is 7. The molecule has 15 aromatic rings. The summed E-state index contributed by atoms with van der Waals surface area (Å²) < 4.78 is 149. The summed E-state index contributed by atoms with van der Waals surface area (Å²) in [7, 11) is 0. The van der Waals surface area contributed by atoms with Crippen LogP contribution in [0.1, 0.15) is 109 Å². The Kier molecular flexibility index (Phi) is 9.87. The van der Waals surface area contributed by atoms with Crippen LogP contribution in [0.2, 0.25) is 0 Å². The van der Waals surface area contributed by atoms with Gasteiger partial charge in [-0.1, -0.05) is 214 Å². The Labute approximate surface area is 558 Å². The quantitative estimate of drug-likeness (QED) is 0.118. The second kappa shape index (κ2) is 21.0. The third kappa shape index (κ3) is 9.28. The number of hydrogen-bond acceptors (Lipinski definition) is 2. The summed E-state index contributed by atoms with van der Waals surface area (Å²) in [5.41, 5.74) is 7.33. The van der Waals surface area contributed by atoms with Crippen molar-refractivity contribution in [2.24, 2.45) is 0 Å². The summed E-state index contributed by atoms with van der Waals surface area (Å²) in [5.74, 6) is 1.70. The van der Waals surface area contributed by atoms with Crippen molar-refractivity contribution in [3.8, 4) is 90.0 Å². The Morgan fingerprint density at radius 1 is 0.435 bits per heavy atom. The lowest BCUT2D eigenvalue weighted by Gasteiger charge is -2.26. The van der Waals surface area contributed by atoms with E-state index in [0.717, 1.165) is 60.6 Å². The van der Waals surface area contributed by atoms with Gasteiger partial charge >= 0.3 is 0 Å². The number of para-hydroxylation sites is 3. The first-order valence-corrected chi connectivity index (χ1v) is 31.1. The van der Waals surface area contributed by atoms with E-state index in [4.69, 9.17) is 17.9 Å². The van der Waals surface area contributed by atoms with Gasteiger partial charge in [0.2, 0.25) is 0 Å². The number of aryl methyl sites for hydroxylation is 2. The second-order valence-electron chi connectivity index (χ2n) is 27.2. The van der Waals surface area contributed by atoms with E-state index in [-0.39, 0.29) is 83.3 Å². The molecule has 448 valence electrons. The highest BCUT2D eigenvalue weighted by atomic mass is 16.5. The molecule has 1 aliphatic heterocycles. The summed E-state index contributed by atoms with van der Waals surface area (Å²) in [6, 6.07) is 54.2. The van der Waals surface area contributed by atoms with Crippen LogP contribution in [-0.2, 0) is 16.2 Å². The predicted molar refractivity (Wildman–Crippen MR) is 383 cm³/mol. The fourth-order valence-corrected chi connectivity index (χ4v) is 13.5. The van der Waals surface area contributed by atoms with Crippen molar-refractivity contribution in [3.05, 3.63) is 277 Å². The van der Waals surface area contributed by atoms with Crippen LogP contribution in [-0.4, -0.2) is 18.7 Å². The summed E-state index contributed by atoms with van der Waals surface area (Å²) >= 11 is 0. The average Bonchev–Trinajstić information content (AvgIpc) is 1.47. The van der Waals surface area contributed by atoms with Crippen molar-refractivity contribution < 1.29 is 28.5 Å². The molecule has 1 aliphatic rings. The normalized spacial score (nSPS) is 15.0. The molecule has 0 saturated heterocycles. The van der Waals surface area contributed by atoms with E-state index in [2.05, 4.69) is 116 Å². The molecular weight excluding hydrogens is 1120 g/mol. The minimum absolute atomic E-state index is 0.0155. The summed E-state index contributed by atoms with van der Waals surface area (Å²) in [4.78, 5) is 4.93. The van der Waals surface area contributed by atoms with Gasteiger partial charge in [0.05, 0.1) is 61.1 Å². The Hall–Kier alpha value is -10.6. The van der Waals surface area contributed by atoms with E-state index in [1.165, 1.54) is 18.2 Å². The molecule has 0 N–H and O–H groups in total. The number of aromatic nitrogens is 5. The van der Waals surface area contributed by atoms with Crippen molar-refractivity contribution >= 4 is 54.6 Å². The molecule has 92 heavy (non-hydrogen) atoms. The highest BCUT2D eigenvalue weighted by Crippen LogP contribution is 2.49. The largest absolute Gasteiger partial charge is 0.458 e. The molecule has 0 aliphatic carbocycles. The van der Waals surface area contributed by atoms with Gasteiger partial charge in [0.25, 0.3) is 6.33 Å². The van der Waals surface area contributed by atoms with E-state index in [1.807, 2.05) is 131 Å². The molecule has 0 amide bonds. The van der Waals surface area contributed by atoms with Gasteiger partial charge in [-0.05, 0) is 192 Å². The SMILES string of the molecule is [2H]c1c([2H])c([2H])c2c(c1[2H])-c1cc(-c3c(C([2H])([2H])[2H])cccc3C([2H])([2H])[2H])cc(-n3c4ccccc4c4ccccc43)c1-[n+]1[c-]n(-c3cccc(Oc4ccc5c6ccccc6n(-c6cc(C(C)(C)C)ccn6)c5c4)c3)c3cc(-c4cc(C(C)(C)C)cc(C(C)(C)C)c4)cc(c31)-c1c([2H])c([2H])c([2H])c([2H])c1-2. The Morgan fingerprint density at radius 2 is 0.967 bits per heavy atom. The lowest BCUT2D eigenvalue weighted by Crippen LogP contribution is -2.33. The van der Waals surface area contributed by atoms with Gasteiger partial charge in [-0.25, -0.2) is 4.98 Å². The van der Waals surface area contributed by atoms with Gasteiger partial charge in [0.15, 0.2) is 0 Å². The highest BCUT2D eigenvalue weighted by molar-refractivity contribution is 6.11. The fraction of sp³-hybridized carbons (Fsp3) is 0.163. The minimum Gasteiger partial charge on any atom is -0.458 e. The second-order valence-corrected chi connectivity index (χ2v) is 27.2. The van der Waals surface area contributed by atoms with Crippen molar-refractivity contribution in [1.29, 1.82) is 0 Å². The smallest absolute Gasteiger partial charge is 0.269 e. The third-order valence-corrected chi connectivity index (χ3v) is 18.2. The zero-order chi connectivity index (χ0) is 75.1. The lowest BCUT2D eigenvalue weighted by molar-refractivity contribution is -0.571. The van der Waals surface area contributed by atoms with Gasteiger partial charge in [0, 0.05) is 42.0 Å². The molecule has 0 unspecified atom stereocenters. The topological polar surface area (TPSA) is 40.8 Å². The maximum absolute atomic E-state index is 10.4.